The fourth-order valence-electron chi connectivity index (χ4n) is 2.26. The molecule has 0 saturated carbocycles. The van der Waals surface area contributed by atoms with Gasteiger partial charge in [-0.25, -0.2) is 4.79 Å². The first kappa shape index (κ1) is 14.2. The number of anilines is 2. The van der Waals surface area contributed by atoms with Gasteiger partial charge in [0, 0.05) is 51.6 Å². The van der Waals surface area contributed by atoms with Gasteiger partial charge >= 0.3 is 11.9 Å². The quantitative estimate of drug-likeness (QED) is 0.797. The van der Waals surface area contributed by atoms with E-state index in [0.717, 1.165) is 11.4 Å². The summed E-state index contributed by atoms with van der Waals surface area (Å²) in [6.07, 6.45) is 0. The van der Waals surface area contributed by atoms with Gasteiger partial charge in [0.2, 0.25) is 0 Å². The number of carbonyl (C=O) groups is 2. The van der Waals surface area contributed by atoms with E-state index >= 15 is 0 Å². The molecule has 108 valence electrons. The van der Waals surface area contributed by atoms with Crippen LogP contribution in [0.3, 0.4) is 0 Å². The molecule has 1 fully saturated rings. The molecular weight excluding hydrogens is 258 g/mol. The number of amides is 1. The Morgan fingerprint density at radius 2 is 1.60 bits per heavy atom. The summed E-state index contributed by atoms with van der Waals surface area (Å²) in [5.74, 6) is -2.19. The Kier molecular flexibility index (Phi) is 4.12. The molecule has 1 aliphatic heterocycles. The van der Waals surface area contributed by atoms with E-state index in [4.69, 9.17) is 5.11 Å². The highest BCUT2D eigenvalue weighted by Crippen LogP contribution is 2.20. The molecule has 1 aromatic carbocycles. The predicted molar refractivity (Wildman–Crippen MR) is 77.2 cm³/mol. The van der Waals surface area contributed by atoms with E-state index in [9.17, 15) is 9.59 Å². The number of nitrogens with zero attached hydrogens (tertiary/aromatic N) is 3. The number of carboxylic acid groups (broad SMARTS) is 1. The fraction of sp³-hybridized carbons (Fsp3) is 0.429. The Morgan fingerprint density at radius 1 is 1.05 bits per heavy atom. The second-order valence-electron chi connectivity index (χ2n) is 5.00. The topological polar surface area (TPSA) is 64.1 Å². The maximum absolute atomic E-state index is 11.4. The molecule has 0 spiro atoms. The van der Waals surface area contributed by atoms with Gasteiger partial charge < -0.3 is 19.8 Å². The van der Waals surface area contributed by atoms with Gasteiger partial charge in [-0.3, -0.25) is 4.79 Å². The zero-order valence-corrected chi connectivity index (χ0v) is 11.7. The van der Waals surface area contributed by atoms with Crippen LogP contribution in [-0.2, 0) is 9.59 Å². The van der Waals surface area contributed by atoms with Gasteiger partial charge in [0.05, 0.1) is 0 Å². The molecule has 1 aromatic rings. The minimum atomic E-state index is -1.38. The number of carbonyl (C=O) groups excluding carboxylic acids is 1. The van der Waals surface area contributed by atoms with Gasteiger partial charge in [0.15, 0.2) is 0 Å². The van der Waals surface area contributed by atoms with Gasteiger partial charge in [-0.05, 0) is 24.3 Å². The third-order valence-corrected chi connectivity index (χ3v) is 3.48. The lowest BCUT2D eigenvalue weighted by Crippen LogP contribution is -2.50. The number of hydrogen-bond acceptors (Lipinski definition) is 4. The molecule has 6 nitrogen and oxygen atoms in total. The summed E-state index contributed by atoms with van der Waals surface area (Å²) < 4.78 is 0. The van der Waals surface area contributed by atoms with Crippen molar-refractivity contribution in [2.75, 3.05) is 50.1 Å². The summed E-state index contributed by atoms with van der Waals surface area (Å²) in [4.78, 5) is 27.6. The van der Waals surface area contributed by atoms with Crippen molar-refractivity contribution in [3.05, 3.63) is 24.3 Å². The first-order chi connectivity index (χ1) is 9.49. The van der Waals surface area contributed by atoms with E-state index in [0.29, 0.717) is 26.2 Å². The van der Waals surface area contributed by atoms with E-state index < -0.39 is 11.9 Å². The molecule has 1 aliphatic rings. The number of rotatable bonds is 2. The molecule has 1 heterocycles. The molecule has 0 radical (unpaired) electrons. The van der Waals surface area contributed by atoms with Crippen LogP contribution in [0.2, 0.25) is 0 Å². The Hall–Kier alpha value is -2.24. The van der Waals surface area contributed by atoms with Gasteiger partial charge in [-0.15, -0.1) is 0 Å². The summed E-state index contributed by atoms with van der Waals surface area (Å²) >= 11 is 0. The average molecular weight is 277 g/mol. The number of carboxylic acids is 1. The second kappa shape index (κ2) is 5.81. The number of piperazine rings is 1. The summed E-state index contributed by atoms with van der Waals surface area (Å²) in [6, 6.07) is 8.18. The highest BCUT2D eigenvalue weighted by atomic mass is 16.4. The van der Waals surface area contributed by atoms with E-state index in [1.54, 1.807) is 0 Å². The largest absolute Gasteiger partial charge is 0.474 e. The van der Waals surface area contributed by atoms with Crippen LogP contribution in [0.5, 0.6) is 0 Å². The van der Waals surface area contributed by atoms with Crippen molar-refractivity contribution in [2.24, 2.45) is 0 Å². The molecule has 20 heavy (non-hydrogen) atoms. The van der Waals surface area contributed by atoms with Crippen LogP contribution >= 0.6 is 0 Å². The molecule has 6 heteroatoms. The van der Waals surface area contributed by atoms with Crippen molar-refractivity contribution < 1.29 is 14.7 Å². The normalized spacial score (nSPS) is 15.1. The van der Waals surface area contributed by atoms with Crippen LogP contribution in [0.1, 0.15) is 0 Å². The van der Waals surface area contributed by atoms with E-state index in [2.05, 4.69) is 4.90 Å². The predicted octanol–water partition coefficient (Wildman–Crippen LogP) is 0.486. The molecule has 2 rings (SSSR count). The van der Waals surface area contributed by atoms with Gasteiger partial charge in [-0.2, -0.15) is 0 Å². The Balaban J connectivity index is 1.97. The Bertz CT molecular complexity index is 491. The third-order valence-electron chi connectivity index (χ3n) is 3.48. The Labute approximate surface area is 118 Å². The zero-order valence-electron chi connectivity index (χ0n) is 11.7. The van der Waals surface area contributed by atoms with Crippen molar-refractivity contribution in [1.82, 2.24) is 4.90 Å². The third kappa shape index (κ3) is 3.01. The smallest absolute Gasteiger partial charge is 0.394 e. The molecule has 0 bridgehead atoms. The van der Waals surface area contributed by atoms with Crippen molar-refractivity contribution in [1.29, 1.82) is 0 Å². The SMILES string of the molecule is CN(C)c1ccc(N2CCN(C(=O)C(=O)O)CC2)cc1. The minimum absolute atomic E-state index is 0.445. The van der Waals surface area contributed by atoms with Crippen LogP contribution in [0.25, 0.3) is 0 Å². The zero-order chi connectivity index (χ0) is 14.7. The van der Waals surface area contributed by atoms with Crippen molar-refractivity contribution >= 4 is 23.3 Å². The number of benzene rings is 1. The standard InChI is InChI=1S/C14H19N3O3/c1-15(2)11-3-5-12(6-4-11)16-7-9-17(10-8-16)13(18)14(19)20/h3-6H,7-10H2,1-2H3,(H,19,20). The van der Waals surface area contributed by atoms with E-state index in [-0.39, 0.29) is 0 Å². The minimum Gasteiger partial charge on any atom is -0.474 e. The first-order valence-corrected chi connectivity index (χ1v) is 6.53. The molecule has 0 atom stereocenters. The van der Waals surface area contributed by atoms with Gasteiger partial charge in [0.25, 0.3) is 0 Å². The van der Waals surface area contributed by atoms with Crippen molar-refractivity contribution in [3.8, 4) is 0 Å². The Morgan fingerprint density at radius 3 is 2.05 bits per heavy atom. The van der Waals surface area contributed by atoms with Crippen LogP contribution in [-0.4, -0.2) is 62.2 Å². The number of aliphatic carboxylic acids is 1. The maximum Gasteiger partial charge on any atom is 0.394 e. The summed E-state index contributed by atoms with van der Waals surface area (Å²) in [5.41, 5.74) is 2.23. The first-order valence-electron chi connectivity index (χ1n) is 6.53. The van der Waals surface area contributed by atoms with E-state index in [1.165, 1.54) is 4.90 Å². The summed E-state index contributed by atoms with van der Waals surface area (Å²) in [7, 11) is 3.98. The molecule has 1 amide bonds. The van der Waals surface area contributed by atoms with Gasteiger partial charge in [-0.1, -0.05) is 0 Å². The molecular formula is C14H19N3O3. The summed E-state index contributed by atoms with van der Waals surface area (Å²) in [5, 5.41) is 8.69. The maximum atomic E-state index is 11.4. The number of hydrogen-bond donors (Lipinski definition) is 1. The lowest BCUT2D eigenvalue weighted by molar-refractivity contribution is -0.156. The van der Waals surface area contributed by atoms with Gasteiger partial charge in [0.1, 0.15) is 0 Å². The fourth-order valence-corrected chi connectivity index (χ4v) is 2.26. The average Bonchev–Trinajstić information content (AvgIpc) is 2.46. The van der Waals surface area contributed by atoms with Crippen molar-refractivity contribution in [2.45, 2.75) is 0 Å². The molecule has 0 aromatic heterocycles. The van der Waals surface area contributed by atoms with Crippen LogP contribution in [0.15, 0.2) is 24.3 Å². The van der Waals surface area contributed by atoms with Crippen LogP contribution in [0, 0.1) is 0 Å². The van der Waals surface area contributed by atoms with Crippen LogP contribution < -0.4 is 9.80 Å². The monoisotopic (exact) mass is 277 g/mol. The summed E-state index contributed by atoms with van der Waals surface area (Å²) in [6.45, 7) is 2.20. The lowest BCUT2D eigenvalue weighted by atomic mass is 10.2. The second-order valence-corrected chi connectivity index (χ2v) is 5.00. The highest BCUT2D eigenvalue weighted by Gasteiger charge is 2.25. The molecule has 1 saturated heterocycles. The molecule has 0 aliphatic carbocycles. The lowest BCUT2D eigenvalue weighted by Gasteiger charge is -2.35. The van der Waals surface area contributed by atoms with Crippen LogP contribution in [0.4, 0.5) is 11.4 Å². The highest BCUT2D eigenvalue weighted by molar-refractivity contribution is 6.31. The van der Waals surface area contributed by atoms with E-state index in [1.807, 2.05) is 43.3 Å². The molecule has 1 N–H and O–H groups in total. The van der Waals surface area contributed by atoms with Crippen molar-refractivity contribution in [3.63, 3.8) is 0 Å². The molecule has 0 unspecified atom stereocenters.